The maximum atomic E-state index is 14.4. The summed E-state index contributed by atoms with van der Waals surface area (Å²) >= 11 is 1.20. The van der Waals surface area contributed by atoms with Crippen molar-refractivity contribution in [2.45, 2.75) is 6.04 Å². The molecule has 43 heavy (non-hydrogen) atoms. The van der Waals surface area contributed by atoms with Gasteiger partial charge in [0, 0.05) is 42.0 Å². The van der Waals surface area contributed by atoms with Crippen molar-refractivity contribution in [3.8, 4) is 28.8 Å². The van der Waals surface area contributed by atoms with Gasteiger partial charge in [-0.1, -0.05) is 5.92 Å². The van der Waals surface area contributed by atoms with Crippen LogP contribution in [0.3, 0.4) is 0 Å². The van der Waals surface area contributed by atoms with Crippen LogP contribution in [0, 0.1) is 23.5 Å². The molecule has 0 spiro atoms. The molecule has 0 saturated heterocycles. The smallest absolute Gasteiger partial charge is 0.272 e. The van der Waals surface area contributed by atoms with Gasteiger partial charge in [-0.05, 0) is 48.4 Å². The number of rotatable bonds is 3. The lowest BCUT2D eigenvalue weighted by Gasteiger charge is -2.20. The zero-order chi connectivity index (χ0) is 29.7. The van der Waals surface area contributed by atoms with Gasteiger partial charge >= 0.3 is 0 Å². The number of anilines is 1. The van der Waals surface area contributed by atoms with Gasteiger partial charge in [0.2, 0.25) is 0 Å². The standard InChI is InChI=1S/C30H19F2N7O3S/c1-37-24-11-17(4-7-19-13-33-27-3-2-10-34-39(19)27)5-9-26(24)42-15-23(29(37)41)35-28(40)22-14-38-25(16-43-30(38)36-22)20-8-6-18(31)12-21(20)32/h2-3,5-6,8-14,16,23H,15H2,1H3,(H,35,40)/t23-/m0/s1. The van der Waals surface area contributed by atoms with Gasteiger partial charge in [-0.25, -0.2) is 23.3 Å². The van der Waals surface area contributed by atoms with E-state index < -0.39 is 29.5 Å². The molecule has 5 heterocycles. The third-order valence-corrected chi connectivity index (χ3v) is 7.76. The van der Waals surface area contributed by atoms with Crippen LogP contribution < -0.4 is 15.0 Å². The van der Waals surface area contributed by atoms with E-state index in [1.165, 1.54) is 28.5 Å². The minimum absolute atomic E-state index is 0.0345. The first kappa shape index (κ1) is 26.3. The predicted octanol–water partition coefficient (Wildman–Crippen LogP) is 3.94. The molecule has 7 rings (SSSR count). The molecule has 4 aromatic heterocycles. The minimum Gasteiger partial charge on any atom is -0.489 e. The highest BCUT2D eigenvalue weighted by atomic mass is 32.1. The van der Waals surface area contributed by atoms with Crippen molar-refractivity contribution in [2.75, 3.05) is 18.6 Å². The number of nitrogens with zero attached hydrogens (tertiary/aromatic N) is 6. The van der Waals surface area contributed by atoms with Gasteiger partial charge in [-0.3, -0.25) is 14.0 Å². The van der Waals surface area contributed by atoms with Crippen LogP contribution in [0.15, 0.2) is 72.5 Å². The summed E-state index contributed by atoms with van der Waals surface area (Å²) in [6, 6.07) is 11.1. The fraction of sp³-hybridized carbons (Fsp3) is 0.100. The number of hydrogen-bond donors (Lipinski definition) is 1. The lowest BCUT2D eigenvalue weighted by molar-refractivity contribution is -0.120. The first-order valence-electron chi connectivity index (χ1n) is 12.9. The predicted molar refractivity (Wildman–Crippen MR) is 154 cm³/mol. The molecule has 0 fully saturated rings. The van der Waals surface area contributed by atoms with E-state index in [1.807, 2.05) is 6.07 Å². The summed E-state index contributed by atoms with van der Waals surface area (Å²) < 4.78 is 36.9. The first-order chi connectivity index (χ1) is 20.9. The van der Waals surface area contributed by atoms with Crippen molar-refractivity contribution >= 4 is 39.4 Å². The van der Waals surface area contributed by atoms with E-state index in [4.69, 9.17) is 4.74 Å². The summed E-state index contributed by atoms with van der Waals surface area (Å²) in [7, 11) is 1.59. The Kier molecular flexibility index (Phi) is 6.32. The van der Waals surface area contributed by atoms with Crippen LogP contribution in [-0.2, 0) is 4.79 Å². The third kappa shape index (κ3) is 4.73. The third-order valence-electron chi connectivity index (χ3n) is 6.92. The fourth-order valence-corrected chi connectivity index (χ4v) is 5.62. The van der Waals surface area contributed by atoms with E-state index in [0.29, 0.717) is 39.0 Å². The van der Waals surface area contributed by atoms with Crippen LogP contribution in [-0.4, -0.2) is 55.5 Å². The molecule has 1 N–H and O–H groups in total. The van der Waals surface area contributed by atoms with Crippen molar-refractivity contribution < 1.29 is 23.1 Å². The van der Waals surface area contributed by atoms with Gasteiger partial charge in [0.05, 0.1) is 17.6 Å². The summed E-state index contributed by atoms with van der Waals surface area (Å²) in [5.41, 5.74) is 3.06. The molecule has 1 aliphatic heterocycles. The van der Waals surface area contributed by atoms with Gasteiger partial charge in [0.25, 0.3) is 11.8 Å². The number of aromatic nitrogens is 5. The quantitative estimate of drug-likeness (QED) is 0.311. The van der Waals surface area contributed by atoms with E-state index >= 15 is 0 Å². The van der Waals surface area contributed by atoms with Crippen molar-refractivity contribution in [1.82, 2.24) is 29.3 Å². The second kappa shape index (κ2) is 10.3. The number of nitrogens with one attached hydrogen (secondary N) is 1. The molecule has 0 saturated carbocycles. The summed E-state index contributed by atoms with van der Waals surface area (Å²) in [6.45, 7) is -0.102. The largest absolute Gasteiger partial charge is 0.489 e. The number of thiazole rings is 1. The molecule has 1 atom stereocenters. The number of fused-ring (bicyclic) bond motifs is 3. The number of carbonyl (C=O) groups excluding carboxylic acids is 2. The molecular formula is C30H19F2N7O3S. The van der Waals surface area contributed by atoms with Crippen molar-refractivity contribution in [2.24, 2.45) is 0 Å². The number of ether oxygens (including phenoxy) is 1. The summed E-state index contributed by atoms with van der Waals surface area (Å²) in [5, 5.41) is 8.63. The molecule has 2 aromatic carbocycles. The Labute approximate surface area is 246 Å². The molecule has 13 heteroatoms. The molecule has 212 valence electrons. The highest BCUT2D eigenvalue weighted by Crippen LogP contribution is 2.32. The number of carbonyl (C=O) groups is 2. The molecular weight excluding hydrogens is 576 g/mol. The molecule has 6 aromatic rings. The first-order valence-corrected chi connectivity index (χ1v) is 13.8. The topological polar surface area (TPSA) is 106 Å². The Hall–Kier alpha value is -5.61. The Bertz CT molecular complexity index is 2140. The van der Waals surface area contributed by atoms with Crippen molar-refractivity contribution in [1.29, 1.82) is 0 Å². The number of amides is 2. The SMILES string of the molecule is CN1C(=O)[C@@H](NC(=O)c2cn3c(-c4ccc(F)cc4F)csc3n2)COc2ccc(C#Cc3cnc4cccnn34)cc21. The number of halogens is 2. The van der Waals surface area contributed by atoms with Gasteiger partial charge in [0.1, 0.15) is 41.4 Å². The summed E-state index contributed by atoms with van der Waals surface area (Å²) in [6.07, 6.45) is 4.73. The molecule has 2 amide bonds. The lowest BCUT2D eigenvalue weighted by atomic mass is 10.1. The normalized spacial score (nSPS) is 14.6. The monoisotopic (exact) mass is 595 g/mol. The minimum atomic E-state index is -1.00. The number of benzene rings is 2. The van der Waals surface area contributed by atoms with E-state index in [0.717, 1.165) is 12.1 Å². The second-order valence-electron chi connectivity index (χ2n) is 9.63. The average molecular weight is 596 g/mol. The zero-order valence-corrected chi connectivity index (χ0v) is 23.1. The summed E-state index contributed by atoms with van der Waals surface area (Å²) in [5.74, 6) is 4.18. The Morgan fingerprint density at radius 3 is 2.91 bits per heavy atom. The molecule has 0 unspecified atom stereocenters. The van der Waals surface area contributed by atoms with Crippen LogP contribution >= 0.6 is 11.3 Å². The highest BCUT2D eigenvalue weighted by Gasteiger charge is 2.31. The van der Waals surface area contributed by atoms with Crippen molar-refractivity contribution in [3.63, 3.8) is 0 Å². The molecule has 10 nitrogen and oxygen atoms in total. The Balaban J connectivity index is 1.10. The fourth-order valence-electron chi connectivity index (χ4n) is 4.75. The van der Waals surface area contributed by atoms with Crippen LogP contribution in [0.1, 0.15) is 21.7 Å². The maximum absolute atomic E-state index is 14.4. The Morgan fingerprint density at radius 2 is 2.05 bits per heavy atom. The highest BCUT2D eigenvalue weighted by molar-refractivity contribution is 7.15. The van der Waals surface area contributed by atoms with Gasteiger partial charge in [0.15, 0.2) is 10.6 Å². The van der Waals surface area contributed by atoms with Crippen molar-refractivity contribution in [3.05, 3.63) is 101 Å². The maximum Gasteiger partial charge on any atom is 0.272 e. The molecule has 0 bridgehead atoms. The van der Waals surface area contributed by atoms with E-state index in [9.17, 15) is 18.4 Å². The molecule has 1 aliphatic rings. The Morgan fingerprint density at radius 1 is 1.16 bits per heavy atom. The zero-order valence-electron chi connectivity index (χ0n) is 22.3. The van der Waals surface area contributed by atoms with Gasteiger partial charge < -0.3 is 15.0 Å². The molecule has 0 radical (unpaired) electrons. The number of hydrogen-bond acceptors (Lipinski definition) is 7. The van der Waals surface area contributed by atoms with Crippen LogP contribution in [0.4, 0.5) is 14.5 Å². The second-order valence-corrected chi connectivity index (χ2v) is 10.5. The van der Waals surface area contributed by atoms with Crippen LogP contribution in [0.2, 0.25) is 0 Å². The van der Waals surface area contributed by atoms with E-state index in [2.05, 4.69) is 32.2 Å². The summed E-state index contributed by atoms with van der Waals surface area (Å²) in [4.78, 5) is 37.0. The van der Waals surface area contributed by atoms with Gasteiger partial charge in [-0.15, -0.1) is 11.3 Å². The van der Waals surface area contributed by atoms with Gasteiger partial charge in [-0.2, -0.15) is 5.10 Å². The van der Waals surface area contributed by atoms with E-state index in [-0.39, 0.29) is 17.9 Å². The van der Waals surface area contributed by atoms with E-state index in [1.54, 1.807) is 58.0 Å². The number of imidazole rings is 2. The van der Waals surface area contributed by atoms with Crippen LogP contribution in [0.5, 0.6) is 5.75 Å². The molecule has 0 aliphatic carbocycles. The average Bonchev–Trinajstić information content (AvgIpc) is 3.71. The van der Waals surface area contributed by atoms with Crippen LogP contribution in [0.25, 0.3) is 21.9 Å². The number of likely N-dealkylation sites (N-methyl/N-ethyl adjacent to an activating group) is 1. The lowest BCUT2D eigenvalue weighted by Crippen LogP contribution is -2.49.